The second kappa shape index (κ2) is 5.40. The van der Waals surface area contributed by atoms with E-state index in [0.29, 0.717) is 18.5 Å². The molecule has 1 fully saturated rings. The minimum atomic E-state index is 0.413. The number of nitrogen functional groups attached to an aromatic ring is 1. The Kier molecular flexibility index (Phi) is 3.45. The number of ether oxygens (including phenoxy) is 1. The summed E-state index contributed by atoms with van der Waals surface area (Å²) < 4.78 is 7.10. The number of anilines is 2. The van der Waals surface area contributed by atoms with E-state index >= 15 is 0 Å². The van der Waals surface area contributed by atoms with Crippen molar-refractivity contribution in [3.05, 3.63) is 24.3 Å². The Balaban J connectivity index is 1.85. The molecule has 2 heterocycles. The van der Waals surface area contributed by atoms with Crippen LogP contribution in [0.5, 0.6) is 5.75 Å². The summed E-state index contributed by atoms with van der Waals surface area (Å²) in [5, 5.41) is 4.50. The summed E-state index contributed by atoms with van der Waals surface area (Å²) >= 11 is 0. The lowest BCUT2D eigenvalue weighted by Gasteiger charge is -2.11. The molecule has 2 aromatic rings. The lowest BCUT2D eigenvalue weighted by molar-refractivity contribution is 0.340. The molecule has 6 heteroatoms. The van der Waals surface area contributed by atoms with E-state index in [1.165, 1.54) is 12.8 Å². The molecule has 0 unspecified atom stereocenters. The fourth-order valence-electron chi connectivity index (χ4n) is 2.40. The molecule has 1 aliphatic rings. The predicted molar refractivity (Wildman–Crippen MR) is 78.4 cm³/mol. The molecule has 1 aromatic carbocycles. The first-order chi connectivity index (χ1) is 9.78. The maximum absolute atomic E-state index is 5.97. The Hall–Kier alpha value is -2.24. The van der Waals surface area contributed by atoms with E-state index in [1.54, 1.807) is 4.68 Å². The first kappa shape index (κ1) is 12.8. The summed E-state index contributed by atoms with van der Waals surface area (Å²) in [7, 11) is 0. The van der Waals surface area contributed by atoms with Crippen LogP contribution in [0.15, 0.2) is 24.3 Å². The van der Waals surface area contributed by atoms with Gasteiger partial charge in [-0.25, -0.2) is 0 Å². The van der Waals surface area contributed by atoms with Gasteiger partial charge in [0.05, 0.1) is 12.3 Å². The van der Waals surface area contributed by atoms with Crippen LogP contribution in [0.3, 0.4) is 0 Å². The van der Waals surface area contributed by atoms with Crippen LogP contribution < -0.4 is 15.4 Å². The van der Waals surface area contributed by atoms with Crippen molar-refractivity contribution in [3.8, 4) is 11.4 Å². The molecular formula is C14H19N5O. The molecule has 2 N–H and O–H groups in total. The molecule has 0 atom stereocenters. The molecule has 20 heavy (non-hydrogen) atoms. The average molecular weight is 273 g/mol. The topological polar surface area (TPSA) is 69.2 Å². The quantitative estimate of drug-likeness (QED) is 0.920. The predicted octanol–water partition coefficient (Wildman–Crippen LogP) is 1.85. The van der Waals surface area contributed by atoms with Gasteiger partial charge in [-0.2, -0.15) is 9.67 Å². The minimum absolute atomic E-state index is 0.413. The molecular weight excluding hydrogens is 254 g/mol. The van der Waals surface area contributed by atoms with Crippen LogP contribution in [0, 0.1) is 0 Å². The van der Waals surface area contributed by atoms with Gasteiger partial charge in [0.2, 0.25) is 11.9 Å². The Morgan fingerprint density at radius 3 is 2.55 bits per heavy atom. The van der Waals surface area contributed by atoms with Crippen molar-refractivity contribution in [2.75, 3.05) is 30.3 Å². The van der Waals surface area contributed by atoms with Crippen LogP contribution >= 0.6 is 0 Å². The molecule has 0 spiro atoms. The third-order valence-corrected chi connectivity index (χ3v) is 3.40. The number of nitrogens with zero attached hydrogens (tertiary/aromatic N) is 4. The lowest BCUT2D eigenvalue weighted by atomic mass is 10.3. The number of rotatable bonds is 4. The zero-order valence-corrected chi connectivity index (χ0v) is 11.6. The first-order valence-electron chi connectivity index (χ1n) is 6.98. The number of aromatic nitrogens is 3. The molecule has 6 nitrogen and oxygen atoms in total. The van der Waals surface area contributed by atoms with Crippen LogP contribution in [0.4, 0.5) is 11.9 Å². The van der Waals surface area contributed by atoms with Gasteiger partial charge in [-0.15, -0.1) is 5.10 Å². The monoisotopic (exact) mass is 273 g/mol. The van der Waals surface area contributed by atoms with Crippen LogP contribution in [0.1, 0.15) is 19.8 Å². The van der Waals surface area contributed by atoms with Gasteiger partial charge in [0, 0.05) is 13.1 Å². The van der Waals surface area contributed by atoms with Crippen LogP contribution in [-0.2, 0) is 0 Å². The highest BCUT2D eigenvalue weighted by Gasteiger charge is 2.18. The summed E-state index contributed by atoms with van der Waals surface area (Å²) in [5.74, 6) is 1.97. The largest absolute Gasteiger partial charge is 0.494 e. The summed E-state index contributed by atoms with van der Waals surface area (Å²) in [6.07, 6.45) is 2.38. The molecule has 3 rings (SSSR count). The molecule has 0 saturated carbocycles. The van der Waals surface area contributed by atoms with Crippen molar-refractivity contribution < 1.29 is 4.74 Å². The van der Waals surface area contributed by atoms with Gasteiger partial charge in [-0.3, -0.25) is 0 Å². The smallest absolute Gasteiger partial charge is 0.246 e. The molecule has 0 aliphatic carbocycles. The molecule has 106 valence electrons. The van der Waals surface area contributed by atoms with Gasteiger partial charge in [0.1, 0.15) is 5.75 Å². The highest BCUT2D eigenvalue weighted by Crippen LogP contribution is 2.21. The fourth-order valence-corrected chi connectivity index (χ4v) is 2.40. The summed E-state index contributed by atoms with van der Waals surface area (Å²) in [6.45, 7) is 4.63. The third-order valence-electron chi connectivity index (χ3n) is 3.40. The maximum atomic E-state index is 5.97. The fraction of sp³-hybridized carbons (Fsp3) is 0.429. The van der Waals surface area contributed by atoms with Gasteiger partial charge in [0.25, 0.3) is 0 Å². The van der Waals surface area contributed by atoms with E-state index in [2.05, 4.69) is 15.0 Å². The number of nitrogens with two attached hydrogens (primary N) is 1. The Bertz CT molecular complexity index is 572. The van der Waals surface area contributed by atoms with Gasteiger partial charge >= 0.3 is 0 Å². The van der Waals surface area contributed by atoms with Gasteiger partial charge in [-0.05, 0) is 44.0 Å². The van der Waals surface area contributed by atoms with E-state index < -0.39 is 0 Å². The van der Waals surface area contributed by atoms with Crippen LogP contribution in [0.25, 0.3) is 5.69 Å². The van der Waals surface area contributed by atoms with Crippen molar-refractivity contribution in [1.82, 2.24) is 14.8 Å². The molecule has 1 saturated heterocycles. The van der Waals surface area contributed by atoms with Gasteiger partial charge in [0.15, 0.2) is 0 Å². The standard InChI is InChI=1S/C14H19N5O/c1-2-20-12-7-5-11(6-8-12)19-13(15)16-14(17-19)18-9-3-4-10-18/h5-8H,2-4,9-10H2,1H3,(H2,15,16,17). The van der Waals surface area contributed by atoms with Crippen molar-refractivity contribution in [1.29, 1.82) is 0 Å². The molecule has 0 bridgehead atoms. The van der Waals surface area contributed by atoms with Crippen molar-refractivity contribution in [3.63, 3.8) is 0 Å². The summed E-state index contributed by atoms with van der Waals surface area (Å²) in [6, 6.07) is 7.69. The highest BCUT2D eigenvalue weighted by molar-refractivity contribution is 5.45. The lowest BCUT2D eigenvalue weighted by Crippen LogP contribution is -2.19. The van der Waals surface area contributed by atoms with Crippen LogP contribution in [0.2, 0.25) is 0 Å². The minimum Gasteiger partial charge on any atom is -0.494 e. The molecule has 0 radical (unpaired) electrons. The number of hydrogen-bond donors (Lipinski definition) is 1. The second-order valence-electron chi connectivity index (χ2n) is 4.80. The van der Waals surface area contributed by atoms with Gasteiger partial charge < -0.3 is 15.4 Å². The van der Waals surface area contributed by atoms with E-state index in [0.717, 1.165) is 24.5 Å². The normalized spacial score (nSPS) is 14.8. The van der Waals surface area contributed by atoms with Crippen molar-refractivity contribution in [2.24, 2.45) is 0 Å². The zero-order valence-electron chi connectivity index (χ0n) is 11.6. The summed E-state index contributed by atoms with van der Waals surface area (Å²) in [4.78, 5) is 6.52. The van der Waals surface area contributed by atoms with E-state index in [9.17, 15) is 0 Å². The van der Waals surface area contributed by atoms with E-state index in [-0.39, 0.29) is 0 Å². The SMILES string of the molecule is CCOc1ccc(-n2nc(N3CCCC3)nc2N)cc1. The average Bonchev–Trinajstić information content (AvgIpc) is 3.09. The highest BCUT2D eigenvalue weighted by atomic mass is 16.5. The Morgan fingerprint density at radius 1 is 1.20 bits per heavy atom. The third kappa shape index (κ3) is 2.41. The molecule has 0 amide bonds. The zero-order chi connectivity index (χ0) is 13.9. The number of benzene rings is 1. The van der Waals surface area contributed by atoms with E-state index in [4.69, 9.17) is 10.5 Å². The molecule has 1 aromatic heterocycles. The Morgan fingerprint density at radius 2 is 1.90 bits per heavy atom. The van der Waals surface area contributed by atoms with Crippen molar-refractivity contribution in [2.45, 2.75) is 19.8 Å². The second-order valence-corrected chi connectivity index (χ2v) is 4.80. The van der Waals surface area contributed by atoms with Gasteiger partial charge in [-0.1, -0.05) is 0 Å². The van der Waals surface area contributed by atoms with E-state index in [1.807, 2.05) is 31.2 Å². The first-order valence-corrected chi connectivity index (χ1v) is 6.98. The van der Waals surface area contributed by atoms with Crippen LogP contribution in [-0.4, -0.2) is 34.5 Å². The molecule has 1 aliphatic heterocycles. The van der Waals surface area contributed by atoms with Crippen molar-refractivity contribution >= 4 is 11.9 Å². The maximum Gasteiger partial charge on any atom is 0.246 e. The number of hydrogen-bond acceptors (Lipinski definition) is 5. The summed E-state index contributed by atoms with van der Waals surface area (Å²) in [5.41, 5.74) is 6.86. The Labute approximate surface area is 118 Å².